The predicted octanol–water partition coefficient (Wildman–Crippen LogP) is 14.4. The molecule has 6 heterocycles. The maximum absolute atomic E-state index is 4.77. The van der Waals surface area contributed by atoms with Gasteiger partial charge in [-0.05, 0) is 134 Å². The van der Waals surface area contributed by atoms with E-state index in [0.29, 0.717) is 0 Å². The lowest BCUT2D eigenvalue weighted by Crippen LogP contribution is -1.88. The Bertz CT molecular complexity index is 1710. The third-order valence-corrected chi connectivity index (χ3v) is 14.1. The molecular formula is C42H48N2S4. The zero-order valence-electron chi connectivity index (χ0n) is 28.9. The van der Waals surface area contributed by atoms with Crippen molar-refractivity contribution >= 4 is 45.3 Å². The van der Waals surface area contributed by atoms with Crippen LogP contribution in [0.15, 0.2) is 73.1 Å². The zero-order chi connectivity index (χ0) is 33.3. The predicted molar refractivity (Wildman–Crippen MR) is 215 cm³/mol. The molecule has 0 amide bonds. The number of rotatable bonds is 17. The standard InChI is InChI=1S/C42H48N2S4/c1-5-9-13-29-27-41(47-35(29)15-11-7-3)39-19-17-37(45-39)31-21-23-43-33(25-31)34-26-32(22-24-44-34)38-18-20-40(46-38)42-28-30(14-10-6-2)36(48-42)16-12-8-4/h17-28H,5-16H2,1-4H3. The van der Waals surface area contributed by atoms with E-state index in [1.165, 1.54) is 117 Å². The first kappa shape index (κ1) is 34.9. The molecule has 2 nitrogen and oxygen atoms in total. The molecule has 0 aliphatic rings. The Kier molecular flexibility index (Phi) is 12.5. The third kappa shape index (κ3) is 8.45. The summed E-state index contributed by atoms with van der Waals surface area (Å²) < 4.78 is 0. The SMILES string of the molecule is CCCCc1cc(-c2ccc(-c3ccnc(-c4cc(-c5ccc(-c6cc(CCCC)c(CCCC)s6)s5)ccn4)c3)s2)sc1CCCC. The van der Waals surface area contributed by atoms with Gasteiger partial charge in [0.2, 0.25) is 0 Å². The van der Waals surface area contributed by atoms with Gasteiger partial charge < -0.3 is 0 Å². The number of aromatic nitrogens is 2. The van der Waals surface area contributed by atoms with E-state index in [9.17, 15) is 0 Å². The maximum atomic E-state index is 4.77. The molecule has 0 saturated heterocycles. The summed E-state index contributed by atoms with van der Waals surface area (Å²) >= 11 is 7.80. The Balaban J connectivity index is 1.22. The number of hydrogen-bond donors (Lipinski definition) is 0. The molecule has 48 heavy (non-hydrogen) atoms. The molecule has 0 aromatic carbocycles. The summed E-state index contributed by atoms with van der Waals surface area (Å²) in [6.07, 6.45) is 18.7. The molecule has 0 aliphatic carbocycles. The first-order valence-electron chi connectivity index (χ1n) is 18.0. The minimum atomic E-state index is 0.917. The fourth-order valence-corrected chi connectivity index (χ4v) is 10.8. The van der Waals surface area contributed by atoms with E-state index >= 15 is 0 Å². The van der Waals surface area contributed by atoms with Gasteiger partial charge in [0.25, 0.3) is 0 Å². The molecule has 0 spiro atoms. The van der Waals surface area contributed by atoms with Gasteiger partial charge in [-0.1, -0.05) is 53.4 Å². The Labute approximate surface area is 304 Å². The van der Waals surface area contributed by atoms with E-state index in [0.717, 1.165) is 11.4 Å². The Morgan fingerprint density at radius 2 is 0.812 bits per heavy atom. The van der Waals surface area contributed by atoms with Crippen LogP contribution in [-0.4, -0.2) is 9.97 Å². The van der Waals surface area contributed by atoms with Crippen LogP contribution in [0.25, 0.3) is 51.8 Å². The van der Waals surface area contributed by atoms with Gasteiger partial charge in [0.15, 0.2) is 0 Å². The van der Waals surface area contributed by atoms with Crippen molar-refractivity contribution in [2.24, 2.45) is 0 Å². The van der Waals surface area contributed by atoms with Crippen molar-refractivity contribution in [2.45, 2.75) is 105 Å². The lowest BCUT2D eigenvalue weighted by Gasteiger charge is -2.05. The fraction of sp³-hybridized carbons (Fsp3) is 0.381. The Morgan fingerprint density at radius 3 is 1.23 bits per heavy atom. The molecule has 0 unspecified atom stereocenters. The summed E-state index contributed by atoms with van der Waals surface area (Å²) in [5.41, 5.74) is 7.37. The van der Waals surface area contributed by atoms with Crippen molar-refractivity contribution in [3.8, 4) is 51.8 Å². The average molecular weight is 709 g/mol. The van der Waals surface area contributed by atoms with Crippen LogP contribution < -0.4 is 0 Å². The van der Waals surface area contributed by atoms with Crippen molar-refractivity contribution in [3.63, 3.8) is 0 Å². The second-order valence-electron chi connectivity index (χ2n) is 12.7. The van der Waals surface area contributed by atoms with Gasteiger partial charge in [-0.25, -0.2) is 0 Å². The Morgan fingerprint density at radius 1 is 0.417 bits per heavy atom. The van der Waals surface area contributed by atoms with Crippen LogP contribution in [0.3, 0.4) is 0 Å². The molecule has 0 fully saturated rings. The van der Waals surface area contributed by atoms with Gasteiger partial charge in [0.1, 0.15) is 0 Å². The van der Waals surface area contributed by atoms with E-state index < -0.39 is 0 Å². The number of aryl methyl sites for hydroxylation is 4. The van der Waals surface area contributed by atoms with E-state index in [4.69, 9.17) is 9.97 Å². The van der Waals surface area contributed by atoms with Gasteiger partial charge in [-0.3, -0.25) is 9.97 Å². The van der Waals surface area contributed by atoms with Crippen molar-refractivity contribution < 1.29 is 0 Å². The van der Waals surface area contributed by atoms with Crippen molar-refractivity contribution in [1.29, 1.82) is 0 Å². The highest BCUT2D eigenvalue weighted by Crippen LogP contribution is 2.42. The summed E-state index contributed by atoms with van der Waals surface area (Å²) in [5.74, 6) is 0. The van der Waals surface area contributed by atoms with Crippen LogP contribution in [0, 0.1) is 0 Å². The molecule has 0 aliphatic heterocycles. The minimum Gasteiger partial charge on any atom is -0.255 e. The summed E-state index contributed by atoms with van der Waals surface area (Å²) in [5, 5.41) is 0. The second-order valence-corrected chi connectivity index (χ2v) is 17.2. The van der Waals surface area contributed by atoms with Crippen LogP contribution in [0.1, 0.15) is 99.9 Å². The largest absolute Gasteiger partial charge is 0.255 e. The number of hydrogen-bond acceptors (Lipinski definition) is 6. The smallest absolute Gasteiger partial charge is 0.0892 e. The highest BCUT2D eigenvalue weighted by molar-refractivity contribution is 7.24. The zero-order valence-corrected chi connectivity index (χ0v) is 32.2. The van der Waals surface area contributed by atoms with Crippen LogP contribution in [0.2, 0.25) is 0 Å². The molecule has 0 atom stereocenters. The molecule has 0 N–H and O–H groups in total. The van der Waals surface area contributed by atoms with E-state index in [1.807, 2.05) is 57.7 Å². The lowest BCUT2D eigenvalue weighted by atomic mass is 10.1. The molecule has 6 rings (SSSR count). The molecule has 6 heteroatoms. The monoisotopic (exact) mass is 708 g/mol. The number of unbranched alkanes of at least 4 members (excludes halogenated alkanes) is 4. The number of thiophene rings is 4. The number of nitrogens with zero attached hydrogens (tertiary/aromatic N) is 2. The van der Waals surface area contributed by atoms with E-state index in [1.54, 1.807) is 20.9 Å². The summed E-state index contributed by atoms with van der Waals surface area (Å²) in [4.78, 5) is 20.8. The minimum absolute atomic E-state index is 0.917. The molecule has 6 aromatic heterocycles. The van der Waals surface area contributed by atoms with Gasteiger partial charge >= 0.3 is 0 Å². The first-order valence-corrected chi connectivity index (χ1v) is 21.2. The van der Waals surface area contributed by atoms with E-state index in [-0.39, 0.29) is 0 Å². The van der Waals surface area contributed by atoms with E-state index in [2.05, 4.69) is 88.4 Å². The van der Waals surface area contributed by atoms with Crippen LogP contribution in [-0.2, 0) is 25.7 Å². The summed E-state index contributed by atoms with van der Waals surface area (Å²) in [6.45, 7) is 9.15. The molecule has 0 bridgehead atoms. The second kappa shape index (κ2) is 17.2. The quantitative estimate of drug-likeness (QED) is 0.0942. The van der Waals surface area contributed by atoms with Gasteiger partial charge in [0.05, 0.1) is 11.4 Å². The number of pyridine rings is 2. The highest BCUT2D eigenvalue weighted by Gasteiger charge is 2.16. The lowest BCUT2D eigenvalue weighted by molar-refractivity contribution is 0.768. The van der Waals surface area contributed by atoms with Gasteiger partial charge in [0, 0.05) is 51.4 Å². The maximum Gasteiger partial charge on any atom is 0.0892 e. The van der Waals surface area contributed by atoms with Crippen LogP contribution >= 0.6 is 45.3 Å². The third-order valence-electron chi connectivity index (χ3n) is 8.96. The van der Waals surface area contributed by atoms with Crippen LogP contribution in [0.5, 0.6) is 0 Å². The highest BCUT2D eigenvalue weighted by atomic mass is 32.1. The molecule has 250 valence electrons. The van der Waals surface area contributed by atoms with Crippen molar-refractivity contribution in [3.05, 3.63) is 93.9 Å². The molecular weight excluding hydrogens is 661 g/mol. The Hall–Kier alpha value is -2.90. The summed E-state index contributed by atoms with van der Waals surface area (Å²) in [7, 11) is 0. The summed E-state index contributed by atoms with van der Waals surface area (Å²) in [6, 6.07) is 22.8. The molecule has 0 saturated carbocycles. The van der Waals surface area contributed by atoms with Gasteiger partial charge in [-0.15, -0.1) is 45.3 Å². The van der Waals surface area contributed by atoms with Gasteiger partial charge in [-0.2, -0.15) is 0 Å². The topological polar surface area (TPSA) is 25.8 Å². The van der Waals surface area contributed by atoms with Crippen LogP contribution in [0.4, 0.5) is 0 Å². The fourth-order valence-electron chi connectivity index (χ4n) is 6.13. The first-order chi connectivity index (χ1) is 23.6. The van der Waals surface area contributed by atoms with Crippen molar-refractivity contribution in [2.75, 3.05) is 0 Å². The molecule has 0 radical (unpaired) electrons. The van der Waals surface area contributed by atoms with Crippen molar-refractivity contribution in [1.82, 2.24) is 9.97 Å². The molecule has 6 aromatic rings. The normalized spacial score (nSPS) is 11.5. The average Bonchev–Trinajstić information content (AvgIpc) is 3.94.